The van der Waals surface area contributed by atoms with E-state index in [-0.39, 0.29) is 0 Å². The highest BCUT2D eigenvalue weighted by atomic mass is 15.1. The summed E-state index contributed by atoms with van der Waals surface area (Å²) in [5, 5.41) is 5.74. The Morgan fingerprint density at radius 1 is 1.60 bits per heavy atom. The number of aromatic nitrogens is 2. The molecule has 0 aliphatic rings. The molecule has 2 heteroatoms. The predicted molar refractivity (Wildman–Crippen MR) is 15.1 cm³/mol. The Morgan fingerprint density at radius 3 is 2.80 bits per heavy atom. The Labute approximate surface area is 29.8 Å². The van der Waals surface area contributed by atoms with Crippen LogP contribution in [0.15, 0.2) is 0 Å². The van der Waals surface area contributed by atoms with Crippen molar-refractivity contribution in [3.8, 4) is 0 Å². The summed E-state index contributed by atoms with van der Waals surface area (Å²) in [5.41, 5.74) is 0. The molecule has 1 aromatic rings. The zero-order valence-corrected chi connectivity index (χ0v) is 2.45. The van der Waals surface area contributed by atoms with Gasteiger partial charge in [-0.3, -0.25) is 5.10 Å². The number of nitrogens with zero attached hydrogens (tertiary/aromatic N) is 1. The molecule has 0 saturated heterocycles. The zero-order valence-electron chi connectivity index (χ0n) is 2.45. The van der Waals surface area contributed by atoms with E-state index < -0.39 is 0 Å². The van der Waals surface area contributed by atoms with E-state index in [1.165, 1.54) is 0 Å². The molecule has 0 aliphatic heterocycles. The third-order valence-corrected chi connectivity index (χ3v) is 0.286. The normalized spacial score (nSPS) is 8.00. The van der Waals surface area contributed by atoms with Crippen molar-refractivity contribution in [2.75, 3.05) is 0 Å². The molecule has 1 heterocycles. The van der Waals surface area contributed by atoms with Crippen LogP contribution >= 0.6 is 0 Å². The highest BCUT2D eigenvalue weighted by Gasteiger charge is 1.61. The van der Waals surface area contributed by atoms with Gasteiger partial charge in [0, 0.05) is 6.07 Å². The van der Waals surface area contributed by atoms with Crippen LogP contribution in [0.2, 0.25) is 0 Å². The van der Waals surface area contributed by atoms with Crippen LogP contribution in [0.3, 0.4) is 0 Å². The monoisotopic (exact) mass is 65.0 g/mol. The van der Waals surface area contributed by atoms with Gasteiger partial charge in [0.05, 0.1) is 6.20 Å². The van der Waals surface area contributed by atoms with Gasteiger partial charge in [-0.2, -0.15) is 5.10 Å². The topological polar surface area (TPSA) is 28.7 Å². The average molecular weight is 65.1 g/mol. The van der Waals surface area contributed by atoms with Gasteiger partial charge in [0.1, 0.15) is 6.20 Å². The van der Waals surface area contributed by atoms with Crippen molar-refractivity contribution in [3.05, 3.63) is 18.5 Å². The molecule has 0 bridgehead atoms. The molecular weight excluding hydrogens is 64.0 g/mol. The molecule has 0 aromatic carbocycles. The summed E-state index contributed by atoms with van der Waals surface area (Å²) < 4.78 is 0. The van der Waals surface area contributed by atoms with Crippen molar-refractivity contribution in [1.29, 1.82) is 0 Å². The van der Waals surface area contributed by atoms with E-state index in [2.05, 4.69) is 28.7 Å². The second-order valence-electron chi connectivity index (χ2n) is 0.585. The lowest BCUT2D eigenvalue weighted by atomic mass is 10.8. The van der Waals surface area contributed by atoms with Gasteiger partial charge in [-0.05, 0) is 0 Å². The highest BCUT2D eigenvalue weighted by molar-refractivity contribution is 4.63. The van der Waals surface area contributed by atoms with E-state index in [1.807, 2.05) is 0 Å². The molecule has 0 atom stereocenters. The lowest BCUT2D eigenvalue weighted by Crippen LogP contribution is -1.55. The molecule has 0 aliphatic carbocycles. The first-order chi connectivity index (χ1) is 2.50. The van der Waals surface area contributed by atoms with Crippen molar-refractivity contribution in [3.63, 3.8) is 0 Å². The Morgan fingerprint density at radius 2 is 2.60 bits per heavy atom. The maximum Gasteiger partial charge on any atom is 0.122 e. The van der Waals surface area contributed by atoms with Gasteiger partial charge in [-0.15, -0.1) is 0 Å². The Hall–Kier alpha value is -0.790. The first-order valence-electron chi connectivity index (χ1n) is 1.20. The van der Waals surface area contributed by atoms with Gasteiger partial charge < -0.3 is 0 Å². The summed E-state index contributed by atoms with van der Waals surface area (Å²) in [6.07, 6.45) is 4.82. The fourth-order valence-electron chi connectivity index (χ4n) is 0.140. The Balaban J connectivity index is 3.13. The molecule has 5 heavy (non-hydrogen) atoms. The summed E-state index contributed by atoms with van der Waals surface area (Å²) in [4.78, 5) is 0. The smallest absolute Gasteiger partial charge is 0.122 e. The highest BCUT2D eigenvalue weighted by Crippen LogP contribution is 1.58. The van der Waals surface area contributed by atoms with Crippen LogP contribution in [-0.2, 0) is 0 Å². The predicted octanol–water partition coefficient (Wildman–Crippen LogP) is -0.190. The minimum absolute atomic E-state index is 2.38. The van der Waals surface area contributed by atoms with Crippen LogP contribution < -0.4 is 0 Å². The lowest BCUT2D eigenvalue weighted by molar-refractivity contribution is 1.08. The summed E-state index contributed by atoms with van der Waals surface area (Å²) in [7, 11) is 0. The fourth-order valence-corrected chi connectivity index (χ4v) is 0.140. The Bertz CT molecular complexity index is 61.4. The third-order valence-electron chi connectivity index (χ3n) is 0.286. The zero-order chi connectivity index (χ0) is 3.54. The van der Waals surface area contributed by atoms with Crippen LogP contribution in [0.5, 0.6) is 0 Å². The number of hydrogen-bond acceptors (Lipinski definition) is 1. The van der Waals surface area contributed by atoms with E-state index in [1.54, 1.807) is 0 Å². The van der Waals surface area contributed by atoms with E-state index in [0.29, 0.717) is 0 Å². The molecule has 23 valence electrons. The molecule has 1 N–H and O–H groups in total. The molecule has 1 rings (SSSR count). The first kappa shape index (κ1) is 2.45. The summed E-state index contributed by atoms with van der Waals surface area (Å²) >= 11 is 0. The molecule has 0 unspecified atom stereocenters. The Kier molecular flexibility index (Phi) is 0.433. The molecule has 0 fully saturated rings. The van der Waals surface area contributed by atoms with Crippen molar-refractivity contribution in [2.24, 2.45) is 0 Å². The van der Waals surface area contributed by atoms with E-state index in [9.17, 15) is 0 Å². The van der Waals surface area contributed by atoms with Gasteiger partial charge in [-0.25, -0.2) is 0 Å². The number of hydrogen-bond donors (Lipinski definition) is 1. The molecule has 0 spiro atoms. The second kappa shape index (κ2) is 0.885. The average Bonchev–Trinajstić information content (AvgIpc) is 1.76. The van der Waals surface area contributed by atoms with Crippen LogP contribution in [0.4, 0.5) is 0 Å². The molecule has 0 amide bonds. The van der Waals surface area contributed by atoms with Crippen LogP contribution in [0, 0.1) is 18.5 Å². The molecule has 2 nitrogen and oxygen atoms in total. The van der Waals surface area contributed by atoms with E-state index in [4.69, 9.17) is 0 Å². The van der Waals surface area contributed by atoms with Gasteiger partial charge >= 0.3 is 0 Å². The minimum atomic E-state index is 2.38. The van der Waals surface area contributed by atoms with Crippen molar-refractivity contribution in [2.45, 2.75) is 0 Å². The van der Waals surface area contributed by atoms with Crippen molar-refractivity contribution in [1.82, 2.24) is 10.2 Å². The van der Waals surface area contributed by atoms with E-state index in [0.717, 1.165) is 0 Å². The minimum Gasteiger partial charge on any atom is -0.275 e. The van der Waals surface area contributed by atoms with Gasteiger partial charge in [0.25, 0.3) is 0 Å². The largest absolute Gasteiger partial charge is 0.275 e. The van der Waals surface area contributed by atoms with Gasteiger partial charge in [-0.1, -0.05) is 0 Å². The maximum atomic E-state index is 3.36. The van der Waals surface area contributed by atoms with Gasteiger partial charge in [0.15, 0.2) is 0 Å². The molecule has 0 saturated carbocycles. The molecule has 3 radical (unpaired) electrons. The summed E-state index contributed by atoms with van der Waals surface area (Å²) in [6.45, 7) is 0. The SMILES string of the molecule is [c]1[c]n[nH][c]1. The van der Waals surface area contributed by atoms with Crippen molar-refractivity contribution >= 4 is 0 Å². The second-order valence-corrected chi connectivity index (χ2v) is 0.585. The van der Waals surface area contributed by atoms with Crippen molar-refractivity contribution < 1.29 is 0 Å². The quantitative estimate of drug-likeness (QED) is 0.446. The number of H-pyrrole nitrogens is 1. The van der Waals surface area contributed by atoms with Crippen LogP contribution in [-0.4, -0.2) is 10.2 Å². The number of rotatable bonds is 0. The fraction of sp³-hybridized carbons (Fsp3) is 0. The first-order valence-corrected chi connectivity index (χ1v) is 1.20. The number of aromatic amines is 1. The maximum absolute atomic E-state index is 3.36. The van der Waals surface area contributed by atoms with Crippen LogP contribution in [0.1, 0.15) is 0 Å². The third kappa shape index (κ3) is 0.265. The standard InChI is InChI=1S/C3HN2/c1-2-4-5-3-1/h(H,4,5). The molecular formula is C3HN2. The number of nitrogens with one attached hydrogen (secondary N) is 1. The van der Waals surface area contributed by atoms with E-state index >= 15 is 0 Å². The summed E-state index contributed by atoms with van der Waals surface area (Å²) in [6, 6.07) is 2.44. The van der Waals surface area contributed by atoms with Gasteiger partial charge in [0.2, 0.25) is 0 Å². The summed E-state index contributed by atoms with van der Waals surface area (Å²) in [5.74, 6) is 0. The lowest BCUT2D eigenvalue weighted by Gasteiger charge is -1.47. The molecule has 1 aromatic heterocycles. The van der Waals surface area contributed by atoms with Crippen LogP contribution in [0.25, 0.3) is 0 Å².